The molecule has 0 spiro atoms. The Hall–Kier alpha value is -3.48. The fourth-order valence-electron chi connectivity index (χ4n) is 3.00. The number of benzene rings is 2. The molecule has 0 radical (unpaired) electrons. The molecule has 2 aromatic carbocycles. The standard InChI is InChI=1S/C22H16BrF5N2O5/c1-10(31)33-9-8-15(34-14-7-6-13(24)16(17(14)25)20(29)32)21-30-18(19(23)35-21)11-2-4-12(5-3-11)22(26,27)28/h2-7,15H,8-9H2,1H3,(H2,29,32). The minimum Gasteiger partial charge on any atom is -0.477 e. The largest absolute Gasteiger partial charge is 0.477 e. The number of oxazole rings is 1. The first kappa shape index (κ1) is 26.1. The van der Waals surface area contributed by atoms with Crippen molar-refractivity contribution in [2.75, 3.05) is 6.61 Å². The molecule has 1 atom stereocenters. The van der Waals surface area contributed by atoms with Crippen molar-refractivity contribution in [3.05, 3.63) is 69.7 Å². The molecule has 0 aliphatic rings. The van der Waals surface area contributed by atoms with E-state index >= 15 is 0 Å². The number of nitrogens with zero attached hydrogens (tertiary/aromatic N) is 1. The van der Waals surface area contributed by atoms with E-state index in [1.165, 1.54) is 19.1 Å². The molecule has 3 aromatic rings. The summed E-state index contributed by atoms with van der Waals surface area (Å²) in [4.78, 5) is 26.8. The first-order chi connectivity index (χ1) is 16.4. The lowest BCUT2D eigenvalue weighted by Gasteiger charge is -2.17. The van der Waals surface area contributed by atoms with Gasteiger partial charge >= 0.3 is 12.1 Å². The van der Waals surface area contributed by atoms with Crippen LogP contribution in [0.3, 0.4) is 0 Å². The fourth-order valence-corrected chi connectivity index (χ4v) is 3.48. The number of hydrogen-bond acceptors (Lipinski definition) is 6. The van der Waals surface area contributed by atoms with Gasteiger partial charge in [-0.3, -0.25) is 9.59 Å². The molecule has 1 amide bonds. The van der Waals surface area contributed by atoms with E-state index < -0.39 is 52.7 Å². The number of halogens is 6. The number of hydrogen-bond donors (Lipinski definition) is 1. The van der Waals surface area contributed by atoms with Gasteiger partial charge in [-0.05, 0) is 40.2 Å². The Morgan fingerprint density at radius 2 is 1.80 bits per heavy atom. The third-order valence-corrected chi connectivity index (χ3v) is 5.16. The highest BCUT2D eigenvalue weighted by Crippen LogP contribution is 2.36. The van der Waals surface area contributed by atoms with Gasteiger partial charge in [0.05, 0.1) is 12.2 Å². The van der Waals surface area contributed by atoms with Gasteiger partial charge in [0.1, 0.15) is 17.1 Å². The van der Waals surface area contributed by atoms with E-state index in [0.717, 1.165) is 24.3 Å². The minimum atomic E-state index is -4.52. The van der Waals surface area contributed by atoms with Gasteiger partial charge in [-0.2, -0.15) is 13.2 Å². The summed E-state index contributed by atoms with van der Waals surface area (Å²) in [5.41, 5.74) is 3.54. The lowest BCUT2D eigenvalue weighted by atomic mass is 10.1. The van der Waals surface area contributed by atoms with Gasteiger partial charge in [0.25, 0.3) is 5.91 Å². The highest BCUT2D eigenvalue weighted by molar-refractivity contribution is 9.10. The van der Waals surface area contributed by atoms with Gasteiger partial charge in [-0.1, -0.05) is 12.1 Å². The third-order valence-electron chi connectivity index (χ3n) is 4.62. The van der Waals surface area contributed by atoms with Gasteiger partial charge in [-0.25, -0.2) is 13.8 Å². The van der Waals surface area contributed by atoms with E-state index in [4.69, 9.17) is 19.6 Å². The van der Waals surface area contributed by atoms with E-state index in [-0.39, 0.29) is 34.8 Å². The summed E-state index contributed by atoms with van der Waals surface area (Å²) in [5, 5.41) is 0. The van der Waals surface area contributed by atoms with E-state index in [9.17, 15) is 31.5 Å². The predicted molar refractivity (Wildman–Crippen MR) is 114 cm³/mol. The quantitative estimate of drug-likeness (QED) is 0.284. The van der Waals surface area contributed by atoms with Crippen LogP contribution in [-0.4, -0.2) is 23.5 Å². The zero-order chi connectivity index (χ0) is 25.9. The van der Waals surface area contributed by atoms with E-state index in [1.807, 2.05) is 0 Å². The Morgan fingerprint density at radius 1 is 1.14 bits per heavy atom. The maximum atomic E-state index is 14.7. The monoisotopic (exact) mass is 562 g/mol. The highest BCUT2D eigenvalue weighted by atomic mass is 79.9. The molecule has 1 heterocycles. The first-order valence-corrected chi connectivity index (χ1v) is 10.6. The van der Waals surface area contributed by atoms with Crippen LogP contribution < -0.4 is 10.5 Å². The summed E-state index contributed by atoms with van der Waals surface area (Å²) >= 11 is 3.13. The normalized spacial score (nSPS) is 12.3. The molecule has 0 saturated heterocycles. The molecule has 0 aliphatic carbocycles. The summed E-state index contributed by atoms with van der Waals surface area (Å²) < 4.78 is 83.1. The molecule has 0 saturated carbocycles. The average Bonchev–Trinajstić information content (AvgIpc) is 3.15. The second-order valence-electron chi connectivity index (χ2n) is 7.08. The van der Waals surface area contributed by atoms with Crippen LogP contribution in [0.5, 0.6) is 5.75 Å². The zero-order valence-electron chi connectivity index (χ0n) is 17.8. The molecule has 2 N–H and O–H groups in total. The summed E-state index contributed by atoms with van der Waals surface area (Å²) in [6.07, 6.45) is -5.85. The van der Waals surface area contributed by atoms with Crippen LogP contribution in [0.4, 0.5) is 22.0 Å². The number of alkyl halides is 3. The van der Waals surface area contributed by atoms with Crippen molar-refractivity contribution >= 4 is 27.8 Å². The lowest BCUT2D eigenvalue weighted by Crippen LogP contribution is -2.18. The number of carbonyl (C=O) groups excluding carboxylic acids is 2. The molecule has 7 nitrogen and oxygen atoms in total. The minimum absolute atomic E-state index is 0.0331. The summed E-state index contributed by atoms with van der Waals surface area (Å²) in [6, 6.07) is 5.80. The number of ether oxygens (including phenoxy) is 2. The van der Waals surface area contributed by atoms with Crippen molar-refractivity contribution in [1.29, 1.82) is 0 Å². The second-order valence-corrected chi connectivity index (χ2v) is 7.80. The van der Waals surface area contributed by atoms with Crippen molar-refractivity contribution in [3.63, 3.8) is 0 Å². The Bertz CT molecular complexity index is 1240. The summed E-state index contributed by atoms with van der Waals surface area (Å²) in [7, 11) is 0. The van der Waals surface area contributed by atoms with Gasteiger partial charge < -0.3 is 19.6 Å². The van der Waals surface area contributed by atoms with Crippen LogP contribution in [0, 0.1) is 11.6 Å². The predicted octanol–water partition coefficient (Wildman–Crippen LogP) is 5.57. The van der Waals surface area contributed by atoms with E-state index in [0.29, 0.717) is 0 Å². The third kappa shape index (κ3) is 6.15. The van der Waals surface area contributed by atoms with E-state index in [1.54, 1.807) is 0 Å². The molecular weight excluding hydrogens is 547 g/mol. The van der Waals surface area contributed by atoms with Crippen molar-refractivity contribution in [1.82, 2.24) is 4.98 Å². The molecule has 186 valence electrons. The van der Waals surface area contributed by atoms with Crippen molar-refractivity contribution in [3.8, 4) is 17.0 Å². The number of primary amides is 1. The SMILES string of the molecule is CC(=O)OCCC(Oc1ccc(F)c(C(N)=O)c1F)c1nc(-c2ccc(C(F)(F)F)cc2)c(Br)o1. The Morgan fingerprint density at radius 3 is 2.37 bits per heavy atom. The van der Waals surface area contributed by atoms with Crippen LogP contribution in [0.1, 0.15) is 41.3 Å². The zero-order valence-corrected chi connectivity index (χ0v) is 19.4. The fraction of sp³-hybridized carbons (Fsp3) is 0.227. The highest BCUT2D eigenvalue weighted by Gasteiger charge is 2.31. The number of esters is 1. The van der Waals surface area contributed by atoms with Gasteiger partial charge in [0.15, 0.2) is 22.3 Å². The Balaban J connectivity index is 1.96. The van der Waals surface area contributed by atoms with Crippen LogP contribution >= 0.6 is 15.9 Å². The molecular formula is C22H16BrF5N2O5. The molecule has 35 heavy (non-hydrogen) atoms. The Kier molecular flexibility index (Phi) is 7.78. The smallest absolute Gasteiger partial charge is 0.416 e. The van der Waals surface area contributed by atoms with Crippen LogP contribution in [0.2, 0.25) is 0 Å². The average molecular weight is 563 g/mol. The number of amides is 1. The topological polar surface area (TPSA) is 105 Å². The number of aromatic nitrogens is 1. The number of rotatable bonds is 8. The van der Waals surface area contributed by atoms with E-state index in [2.05, 4.69) is 20.9 Å². The summed E-state index contributed by atoms with van der Waals surface area (Å²) in [5.74, 6) is -5.23. The van der Waals surface area contributed by atoms with Crippen molar-refractivity contribution in [2.24, 2.45) is 5.73 Å². The van der Waals surface area contributed by atoms with Crippen LogP contribution in [-0.2, 0) is 15.7 Å². The van der Waals surface area contributed by atoms with Gasteiger partial charge in [-0.15, -0.1) is 0 Å². The van der Waals surface area contributed by atoms with Gasteiger partial charge in [0.2, 0.25) is 5.89 Å². The molecule has 0 bridgehead atoms. The molecule has 1 unspecified atom stereocenters. The Labute approximate surface area is 203 Å². The maximum absolute atomic E-state index is 14.7. The van der Waals surface area contributed by atoms with Crippen molar-refractivity contribution in [2.45, 2.75) is 25.6 Å². The molecule has 3 rings (SSSR count). The van der Waals surface area contributed by atoms with Crippen LogP contribution in [0.15, 0.2) is 45.5 Å². The number of nitrogens with two attached hydrogens (primary N) is 1. The molecule has 0 fully saturated rings. The molecule has 0 aliphatic heterocycles. The van der Waals surface area contributed by atoms with Crippen LogP contribution in [0.25, 0.3) is 11.3 Å². The maximum Gasteiger partial charge on any atom is 0.416 e. The second kappa shape index (κ2) is 10.4. The van der Waals surface area contributed by atoms with Crippen molar-refractivity contribution < 1.29 is 45.4 Å². The van der Waals surface area contributed by atoms with Gasteiger partial charge in [0, 0.05) is 18.9 Å². The lowest BCUT2D eigenvalue weighted by molar-refractivity contribution is -0.141. The number of carbonyl (C=O) groups is 2. The molecule has 1 aromatic heterocycles. The first-order valence-electron chi connectivity index (χ1n) is 9.80. The summed E-state index contributed by atoms with van der Waals surface area (Å²) in [6.45, 7) is 0.959. The molecule has 13 heteroatoms.